The van der Waals surface area contributed by atoms with Gasteiger partial charge >= 0.3 is 11.9 Å². The van der Waals surface area contributed by atoms with Crippen LogP contribution < -0.4 is 27.4 Å². The number of hydrogen-bond donors (Lipinski definition) is 8. The van der Waals surface area contributed by atoms with Crippen LogP contribution in [0.3, 0.4) is 0 Å². The molecule has 0 radical (unpaired) electrons. The molecule has 188 valence electrons. The highest BCUT2D eigenvalue weighted by Crippen LogP contribution is 2.08. The van der Waals surface area contributed by atoms with Crippen molar-refractivity contribution in [2.75, 3.05) is 6.61 Å². The second-order valence-corrected chi connectivity index (χ2v) is 7.56. The van der Waals surface area contributed by atoms with Crippen LogP contribution in [0.5, 0.6) is 0 Å². The topological polar surface area (TPSA) is 251 Å². The van der Waals surface area contributed by atoms with Crippen LogP contribution in [0.15, 0.2) is 0 Å². The number of carboxylic acid groups (broad SMARTS) is 2. The van der Waals surface area contributed by atoms with Gasteiger partial charge in [-0.2, -0.15) is 0 Å². The normalized spacial score (nSPS) is 15.3. The zero-order valence-corrected chi connectivity index (χ0v) is 18.6. The van der Waals surface area contributed by atoms with E-state index in [1.807, 2.05) is 0 Å². The van der Waals surface area contributed by atoms with Crippen LogP contribution in [0.4, 0.5) is 0 Å². The van der Waals surface area contributed by atoms with Gasteiger partial charge in [0.1, 0.15) is 18.1 Å². The Balaban J connectivity index is 5.33. The van der Waals surface area contributed by atoms with Crippen LogP contribution in [0.25, 0.3) is 0 Å². The van der Waals surface area contributed by atoms with E-state index in [1.165, 1.54) is 0 Å². The van der Waals surface area contributed by atoms with Gasteiger partial charge in [-0.05, 0) is 18.8 Å². The molecular weight excluding hydrogens is 442 g/mol. The number of carboxylic acids is 2. The Labute approximate surface area is 190 Å². The SMILES string of the molecule is CCC(C)C(NC(=O)C(CO)NC(=O)C(CCC(N)=O)NC(=O)C(N)CCC(=O)O)C(=O)O. The summed E-state index contributed by atoms with van der Waals surface area (Å²) < 4.78 is 0. The summed E-state index contributed by atoms with van der Waals surface area (Å²) in [5.41, 5.74) is 10.7. The van der Waals surface area contributed by atoms with Crippen LogP contribution in [-0.2, 0) is 28.8 Å². The second kappa shape index (κ2) is 14.7. The van der Waals surface area contributed by atoms with Gasteiger partial charge in [-0.1, -0.05) is 20.3 Å². The molecule has 5 unspecified atom stereocenters. The highest BCUT2D eigenvalue weighted by Gasteiger charge is 2.31. The summed E-state index contributed by atoms with van der Waals surface area (Å²) in [6, 6.07) is -5.44. The summed E-state index contributed by atoms with van der Waals surface area (Å²) in [7, 11) is 0. The fourth-order valence-corrected chi connectivity index (χ4v) is 2.65. The van der Waals surface area contributed by atoms with E-state index in [4.69, 9.17) is 16.6 Å². The zero-order chi connectivity index (χ0) is 25.7. The van der Waals surface area contributed by atoms with E-state index >= 15 is 0 Å². The number of carbonyl (C=O) groups excluding carboxylic acids is 4. The maximum atomic E-state index is 12.6. The van der Waals surface area contributed by atoms with Crippen LogP contribution in [-0.4, -0.2) is 81.7 Å². The van der Waals surface area contributed by atoms with Crippen molar-refractivity contribution in [3.63, 3.8) is 0 Å². The molecule has 0 heterocycles. The number of nitrogens with two attached hydrogens (primary N) is 2. The lowest BCUT2D eigenvalue weighted by atomic mass is 9.99. The van der Waals surface area contributed by atoms with E-state index < -0.39 is 72.3 Å². The molecule has 10 N–H and O–H groups in total. The van der Waals surface area contributed by atoms with E-state index in [0.717, 1.165) is 0 Å². The van der Waals surface area contributed by atoms with E-state index in [1.54, 1.807) is 13.8 Å². The first kappa shape index (κ1) is 29.7. The first-order valence-electron chi connectivity index (χ1n) is 10.3. The Kier molecular flexibility index (Phi) is 13.3. The molecular formula is C19H33N5O9. The predicted octanol–water partition coefficient (Wildman–Crippen LogP) is -2.98. The molecule has 0 aliphatic rings. The average Bonchev–Trinajstić information content (AvgIpc) is 2.75. The van der Waals surface area contributed by atoms with Crippen molar-refractivity contribution >= 4 is 35.6 Å². The van der Waals surface area contributed by atoms with Crippen LogP contribution in [0.2, 0.25) is 0 Å². The Bertz CT molecular complexity index is 730. The molecule has 0 fully saturated rings. The summed E-state index contributed by atoms with van der Waals surface area (Å²) in [5.74, 6) is -6.45. The molecule has 0 aliphatic heterocycles. The van der Waals surface area contributed by atoms with Crippen molar-refractivity contribution in [1.82, 2.24) is 16.0 Å². The Hall–Kier alpha value is -3.26. The number of aliphatic hydroxyl groups excluding tert-OH is 1. The van der Waals surface area contributed by atoms with Crippen LogP contribution in [0.1, 0.15) is 46.0 Å². The van der Waals surface area contributed by atoms with Crippen molar-refractivity contribution in [2.24, 2.45) is 17.4 Å². The van der Waals surface area contributed by atoms with Gasteiger partial charge in [0.25, 0.3) is 0 Å². The van der Waals surface area contributed by atoms with Crippen molar-refractivity contribution < 1.29 is 44.1 Å². The minimum Gasteiger partial charge on any atom is -0.481 e. The summed E-state index contributed by atoms with van der Waals surface area (Å²) >= 11 is 0. The molecule has 0 rings (SSSR count). The molecule has 5 atom stereocenters. The minimum absolute atomic E-state index is 0.209. The molecule has 0 aromatic rings. The molecule has 14 heteroatoms. The second-order valence-electron chi connectivity index (χ2n) is 7.56. The molecule has 0 saturated heterocycles. The average molecular weight is 475 g/mol. The molecule has 0 bridgehead atoms. The van der Waals surface area contributed by atoms with Gasteiger partial charge in [0.15, 0.2) is 0 Å². The molecule has 14 nitrogen and oxygen atoms in total. The van der Waals surface area contributed by atoms with Crippen LogP contribution in [0, 0.1) is 5.92 Å². The van der Waals surface area contributed by atoms with E-state index in [2.05, 4.69) is 16.0 Å². The van der Waals surface area contributed by atoms with Gasteiger partial charge in [-0.3, -0.25) is 24.0 Å². The summed E-state index contributed by atoms with van der Waals surface area (Å²) in [4.78, 5) is 70.4. The maximum Gasteiger partial charge on any atom is 0.326 e. The zero-order valence-electron chi connectivity index (χ0n) is 18.6. The number of aliphatic carboxylic acids is 2. The molecule has 0 aromatic carbocycles. The van der Waals surface area contributed by atoms with Crippen molar-refractivity contribution in [3.05, 3.63) is 0 Å². The molecule has 0 aliphatic carbocycles. The monoisotopic (exact) mass is 475 g/mol. The molecule has 0 saturated carbocycles. The lowest BCUT2D eigenvalue weighted by molar-refractivity contribution is -0.144. The molecule has 4 amide bonds. The van der Waals surface area contributed by atoms with Crippen LogP contribution >= 0.6 is 0 Å². The first-order valence-corrected chi connectivity index (χ1v) is 10.3. The highest BCUT2D eigenvalue weighted by molar-refractivity contribution is 5.94. The molecule has 33 heavy (non-hydrogen) atoms. The third-order valence-electron chi connectivity index (χ3n) is 4.91. The van der Waals surface area contributed by atoms with Crippen molar-refractivity contribution in [2.45, 2.75) is 70.1 Å². The van der Waals surface area contributed by atoms with Gasteiger partial charge in [-0.25, -0.2) is 4.79 Å². The van der Waals surface area contributed by atoms with Gasteiger partial charge in [0.2, 0.25) is 23.6 Å². The van der Waals surface area contributed by atoms with Crippen molar-refractivity contribution in [3.8, 4) is 0 Å². The number of carbonyl (C=O) groups is 6. The number of hydrogen-bond acceptors (Lipinski definition) is 8. The maximum absolute atomic E-state index is 12.6. The highest BCUT2D eigenvalue weighted by atomic mass is 16.4. The molecule has 0 spiro atoms. The minimum atomic E-state index is -1.54. The number of amides is 4. The Morgan fingerprint density at radius 2 is 1.39 bits per heavy atom. The Morgan fingerprint density at radius 3 is 1.85 bits per heavy atom. The summed E-state index contributed by atoms with van der Waals surface area (Å²) in [6.07, 6.45) is -0.729. The fraction of sp³-hybridized carbons (Fsp3) is 0.684. The lowest BCUT2D eigenvalue weighted by Gasteiger charge is -2.25. The molecule has 0 aromatic heterocycles. The predicted molar refractivity (Wildman–Crippen MR) is 113 cm³/mol. The lowest BCUT2D eigenvalue weighted by Crippen LogP contribution is -2.58. The number of primary amides is 1. The number of rotatable bonds is 16. The van der Waals surface area contributed by atoms with E-state index in [9.17, 15) is 39.0 Å². The quantitative estimate of drug-likeness (QED) is 0.112. The first-order chi connectivity index (χ1) is 15.3. The van der Waals surface area contributed by atoms with Crippen molar-refractivity contribution in [1.29, 1.82) is 0 Å². The largest absolute Gasteiger partial charge is 0.481 e. The standard InChI is InChI=1S/C19H33N5O9/c1-3-9(2)15(19(32)33)24-18(31)12(8-25)23-17(30)11(5-6-13(21)26)22-16(29)10(20)4-7-14(27)28/h9-12,15,25H,3-8,20H2,1-2H3,(H2,21,26)(H,22,29)(H,23,30)(H,24,31)(H,27,28)(H,32,33). The smallest absolute Gasteiger partial charge is 0.326 e. The van der Waals surface area contributed by atoms with E-state index in [0.29, 0.717) is 6.42 Å². The summed E-state index contributed by atoms with van der Waals surface area (Å²) in [5, 5.41) is 34.2. The third kappa shape index (κ3) is 11.2. The Morgan fingerprint density at radius 1 is 0.848 bits per heavy atom. The van der Waals surface area contributed by atoms with E-state index in [-0.39, 0.29) is 25.7 Å². The summed E-state index contributed by atoms with van der Waals surface area (Å²) in [6.45, 7) is 2.46. The van der Waals surface area contributed by atoms with Gasteiger partial charge in [-0.15, -0.1) is 0 Å². The number of nitrogens with one attached hydrogen (secondary N) is 3. The van der Waals surface area contributed by atoms with Gasteiger partial charge in [0, 0.05) is 12.8 Å². The number of aliphatic hydroxyl groups is 1. The van der Waals surface area contributed by atoms with Gasteiger partial charge in [0.05, 0.1) is 12.6 Å². The van der Waals surface area contributed by atoms with Gasteiger partial charge < -0.3 is 42.7 Å². The fourth-order valence-electron chi connectivity index (χ4n) is 2.65. The third-order valence-corrected chi connectivity index (χ3v) is 4.91.